The Morgan fingerprint density at radius 2 is 1.84 bits per heavy atom. The molecule has 5 heteroatoms. The van der Waals surface area contributed by atoms with Crippen LogP contribution in [0.3, 0.4) is 0 Å². The lowest BCUT2D eigenvalue weighted by Crippen LogP contribution is -2.00. The Hall–Kier alpha value is -1.29. The van der Waals surface area contributed by atoms with E-state index in [1.54, 1.807) is 18.2 Å². The molecule has 2 rings (SSSR count). The van der Waals surface area contributed by atoms with Crippen molar-refractivity contribution in [2.24, 2.45) is 5.73 Å². The van der Waals surface area contributed by atoms with Crippen molar-refractivity contribution in [3.05, 3.63) is 51.8 Å². The summed E-state index contributed by atoms with van der Waals surface area (Å²) in [6.07, 6.45) is 0. The van der Waals surface area contributed by atoms with Crippen LogP contribution in [0.5, 0.6) is 5.75 Å². The summed E-state index contributed by atoms with van der Waals surface area (Å²) >= 11 is 12.3. The Morgan fingerprint density at radius 1 is 1.11 bits per heavy atom. The Labute approximate surface area is 120 Å². The standard InChI is InChI=1S/C14H12Cl2FNO/c1-19-14-6-12(15)11(5-13(14)16)10-3-2-9(17)4-8(10)7-18/h2-6H,7,18H2,1H3. The Morgan fingerprint density at radius 3 is 2.47 bits per heavy atom. The first-order chi connectivity index (χ1) is 9.06. The number of rotatable bonds is 3. The smallest absolute Gasteiger partial charge is 0.138 e. The highest BCUT2D eigenvalue weighted by Gasteiger charge is 2.13. The summed E-state index contributed by atoms with van der Waals surface area (Å²) in [6.45, 7) is 0.215. The highest BCUT2D eigenvalue weighted by molar-refractivity contribution is 6.36. The Balaban J connectivity index is 2.62. The van der Waals surface area contributed by atoms with Crippen LogP contribution in [0.2, 0.25) is 10.0 Å². The molecule has 0 aliphatic carbocycles. The van der Waals surface area contributed by atoms with Crippen molar-refractivity contribution in [1.82, 2.24) is 0 Å². The average Bonchev–Trinajstić information content (AvgIpc) is 2.41. The summed E-state index contributed by atoms with van der Waals surface area (Å²) in [7, 11) is 1.51. The van der Waals surface area contributed by atoms with Crippen molar-refractivity contribution in [3.63, 3.8) is 0 Å². The zero-order valence-corrected chi connectivity index (χ0v) is 11.7. The van der Waals surface area contributed by atoms with Crippen LogP contribution >= 0.6 is 23.2 Å². The molecule has 0 fully saturated rings. The molecule has 0 atom stereocenters. The van der Waals surface area contributed by atoms with Crippen molar-refractivity contribution in [3.8, 4) is 16.9 Å². The first-order valence-corrected chi connectivity index (χ1v) is 6.34. The van der Waals surface area contributed by atoms with E-state index in [0.717, 1.165) is 5.56 Å². The first kappa shape index (κ1) is 14.1. The van der Waals surface area contributed by atoms with Gasteiger partial charge in [-0.25, -0.2) is 4.39 Å². The van der Waals surface area contributed by atoms with E-state index in [1.165, 1.54) is 19.2 Å². The average molecular weight is 300 g/mol. The summed E-state index contributed by atoms with van der Waals surface area (Å²) in [5, 5.41) is 0.914. The van der Waals surface area contributed by atoms with E-state index < -0.39 is 0 Å². The lowest BCUT2D eigenvalue weighted by atomic mass is 9.99. The Bertz CT molecular complexity index is 617. The monoisotopic (exact) mass is 299 g/mol. The third kappa shape index (κ3) is 2.84. The predicted octanol–water partition coefficient (Wildman–Crippen LogP) is 4.27. The number of nitrogens with two attached hydrogens (primary N) is 1. The number of benzene rings is 2. The maximum absolute atomic E-state index is 13.2. The van der Waals surface area contributed by atoms with Crippen molar-refractivity contribution >= 4 is 23.2 Å². The summed E-state index contributed by atoms with van der Waals surface area (Å²) in [6, 6.07) is 7.71. The zero-order valence-electron chi connectivity index (χ0n) is 10.2. The van der Waals surface area contributed by atoms with E-state index in [-0.39, 0.29) is 12.4 Å². The molecule has 0 heterocycles. The fraction of sp³-hybridized carbons (Fsp3) is 0.143. The number of methoxy groups -OCH3 is 1. The van der Waals surface area contributed by atoms with Gasteiger partial charge in [-0.1, -0.05) is 29.3 Å². The van der Waals surface area contributed by atoms with Gasteiger partial charge in [0.1, 0.15) is 11.6 Å². The second kappa shape index (κ2) is 5.78. The molecule has 0 aromatic heterocycles. The SMILES string of the molecule is COc1cc(Cl)c(-c2ccc(F)cc2CN)cc1Cl. The number of halogens is 3. The summed E-state index contributed by atoms with van der Waals surface area (Å²) in [4.78, 5) is 0. The van der Waals surface area contributed by atoms with E-state index in [4.69, 9.17) is 33.7 Å². The van der Waals surface area contributed by atoms with Gasteiger partial charge in [-0.05, 0) is 29.3 Å². The van der Waals surface area contributed by atoms with Gasteiger partial charge in [-0.2, -0.15) is 0 Å². The van der Waals surface area contributed by atoms with Crippen LogP contribution in [-0.2, 0) is 6.54 Å². The molecular formula is C14H12Cl2FNO. The van der Waals surface area contributed by atoms with Crippen LogP contribution in [0, 0.1) is 5.82 Å². The van der Waals surface area contributed by atoms with Crippen molar-refractivity contribution in [2.75, 3.05) is 7.11 Å². The van der Waals surface area contributed by atoms with E-state index in [1.807, 2.05) is 0 Å². The van der Waals surface area contributed by atoms with Crippen molar-refractivity contribution in [2.45, 2.75) is 6.54 Å². The van der Waals surface area contributed by atoms with Crippen molar-refractivity contribution < 1.29 is 9.13 Å². The molecule has 0 amide bonds. The maximum Gasteiger partial charge on any atom is 0.138 e. The lowest BCUT2D eigenvalue weighted by Gasteiger charge is -2.12. The van der Waals surface area contributed by atoms with Gasteiger partial charge in [0.2, 0.25) is 0 Å². The zero-order chi connectivity index (χ0) is 14.0. The summed E-state index contributed by atoms with van der Waals surface area (Å²) < 4.78 is 18.3. The fourth-order valence-electron chi connectivity index (χ4n) is 1.89. The molecule has 0 aliphatic rings. The quantitative estimate of drug-likeness (QED) is 0.919. The highest BCUT2D eigenvalue weighted by atomic mass is 35.5. The molecule has 0 spiro atoms. The summed E-state index contributed by atoms with van der Waals surface area (Å²) in [5.41, 5.74) is 7.77. The van der Waals surface area contributed by atoms with Crippen LogP contribution in [0.4, 0.5) is 4.39 Å². The van der Waals surface area contributed by atoms with Gasteiger partial charge < -0.3 is 10.5 Å². The van der Waals surface area contributed by atoms with Crippen LogP contribution in [0.25, 0.3) is 11.1 Å². The molecular weight excluding hydrogens is 288 g/mol. The molecule has 2 aromatic rings. The van der Waals surface area contributed by atoms with Crippen molar-refractivity contribution in [1.29, 1.82) is 0 Å². The third-order valence-corrected chi connectivity index (χ3v) is 3.43. The molecule has 0 radical (unpaired) electrons. The topological polar surface area (TPSA) is 35.2 Å². The van der Waals surface area contributed by atoms with Crippen LogP contribution in [0.15, 0.2) is 30.3 Å². The van der Waals surface area contributed by atoms with Gasteiger partial charge in [-0.15, -0.1) is 0 Å². The molecule has 0 saturated heterocycles. The number of ether oxygens (including phenoxy) is 1. The Kier molecular flexibility index (Phi) is 4.30. The van der Waals surface area contributed by atoms with Gasteiger partial charge >= 0.3 is 0 Å². The summed E-state index contributed by atoms with van der Waals surface area (Å²) in [5.74, 6) is 0.159. The molecule has 2 aromatic carbocycles. The molecule has 0 aliphatic heterocycles. The molecule has 0 saturated carbocycles. The van der Waals surface area contributed by atoms with Gasteiger partial charge in [0, 0.05) is 18.2 Å². The van der Waals surface area contributed by atoms with E-state index in [9.17, 15) is 4.39 Å². The minimum atomic E-state index is -0.333. The van der Waals surface area contributed by atoms with Crippen LogP contribution in [-0.4, -0.2) is 7.11 Å². The van der Waals surface area contributed by atoms with Gasteiger partial charge in [-0.3, -0.25) is 0 Å². The predicted molar refractivity (Wildman–Crippen MR) is 76.3 cm³/mol. The number of hydrogen-bond donors (Lipinski definition) is 1. The fourth-order valence-corrected chi connectivity index (χ4v) is 2.38. The molecule has 2 nitrogen and oxygen atoms in total. The van der Waals surface area contributed by atoms with E-state index >= 15 is 0 Å². The molecule has 100 valence electrons. The minimum Gasteiger partial charge on any atom is -0.495 e. The first-order valence-electron chi connectivity index (χ1n) is 5.58. The maximum atomic E-state index is 13.2. The van der Waals surface area contributed by atoms with Gasteiger partial charge in [0.05, 0.1) is 17.2 Å². The van der Waals surface area contributed by atoms with Gasteiger partial charge in [0.15, 0.2) is 0 Å². The van der Waals surface area contributed by atoms with Gasteiger partial charge in [0.25, 0.3) is 0 Å². The van der Waals surface area contributed by atoms with E-state index in [0.29, 0.717) is 26.9 Å². The number of hydrogen-bond acceptors (Lipinski definition) is 2. The normalized spacial score (nSPS) is 10.6. The minimum absolute atomic E-state index is 0.215. The second-order valence-electron chi connectivity index (χ2n) is 3.97. The van der Waals surface area contributed by atoms with Crippen LogP contribution in [0.1, 0.15) is 5.56 Å². The molecule has 0 bridgehead atoms. The van der Waals surface area contributed by atoms with E-state index in [2.05, 4.69) is 0 Å². The van der Waals surface area contributed by atoms with Crippen LogP contribution < -0.4 is 10.5 Å². The lowest BCUT2D eigenvalue weighted by molar-refractivity contribution is 0.415. The highest BCUT2D eigenvalue weighted by Crippen LogP contribution is 2.38. The molecule has 2 N–H and O–H groups in total. The molecule has 19 heavy (non-hydrogen) atoms. The second-order valence-corrected chi connectivity index (χ2v) is 4.79. The molecule has 0 unspecified atom stereocenters. The largest absolute Gasteiger partial charge is 0.495 e. The third-order valence-electron chi connectivity index (χ3n) is 2.82.